The van der Waals surface area contributed by atoms with Gasteiger partial charge in [-0.1, -0.05) is 24.6 Å². The molecule has 23 heavy (non-hydrogen) atoms. The maximum Gasteiger partial charge on any atom is 0.343 e. The van der Waals surface area contributed by atoms with E-state index in [4.69, 9.17) is 9.84 Å². The molecule has 0 saturated heterocycles. The number of carboxylic acids is 1. The normalized spacial score (nSPS) is 10.6. The average molecular weight is 384 g/mol. The summed E-state index contributed by atoms with van der Waals surface area (Å²) in [7, 11) is 0. The van der Waals surface area contributed by atoms with E-state index in [9.17, 15) is 9.59 Å². The molecular formula is C18H15O4Y-. The maximum absolute atomic E-state index is 12.0. The van der Waals surface area contributed by atoms with Crippen LogP contribution in [0.3, 0.4) is 0 Å². The number of carbonyl (C=O) groups excluding carboxylic acids is 1. The summed E-state index contributed by atoms with van der Waals surface area (Å²) in [4.78, 5) is 22.5. The number of hydrogen-bond acceptors (Lipinski definition) is 3. The first-order chi connectivity index (χ1) is 10.5. The van der Waals surface area contributed by atoms with E-state index in [-0.39, 0.29) is 32.7 Å². The van der Waals surface area contributed by atoms with Crippen LogP contribution in [0.15, 0.2) is 48.5 Å². The summed E-state index contributed by atoms with van der Waals surface area (Å²) >= 11 is 0. The Morgan fingerprint density at radius 1 is 0.957 bits per heavy atom. The SMILES string of the molecule is CC(=[C-]C(=O)O)c1ccc(OC(=O)c2ccc(C)cc2)cc1.[Y]. The third-order valence-corrected chi connectivity index (χ3v) is 3.08. The van der Waals surface area contributed by atoms with Gasteiger partial charge in [-0.2, -0.15) is 11.6 Å². The number of carbonyl (C=O) groups is 2. The Morgan fingerprint density at radius 3 is 2.00 bits per heavy atom. The fourth-order valence-corrected chi connectivity index (χ4v) is 1.86. The first-order valence-electron chi connectivity index (χ1n) is 6.68. The maximum atomic E-state index is 12.0. The van der Waals surface area contributed by atoms with Crippen LogP contribution >= 0.6 is 0 Å². The Hall–Kier alpha value is -1.78. The van der Waals surface area contributed by atoms with Gasteiger partial charge in [0.05, 0.1) is 5.56 Å². The van der Waals surface area contributed by atoms with Crippen molar-refractivity contribution in [2.75, 3.05) is 0 Å². The third-order valence-electron chi connectivity index (χ3n) is 3.08. The Bertz CT molecular complexity index is 716. The van der Waals surface area contributed by atoms with Gasteiger partial charge in [0, 0.05) is 32.7 Å². The Morgan fingerprint density at radius 2 is 1.48 bits per heavy atom. The van der Waals surface area contributed by atoms with Crippen LogP contribution in [0.25, 0.3) is 5.57 Å². The van der Waals surface area contributed by atoms with Gasteiger partial charge in [-0.3, -0.25) is 4.79 Å². The van der Waals surface area contributed by atoms with Crippen molar-refractivity contribution in [1.29, 1.82) is 0 Å². The molecule has 0 aliphatic heterocycles. The van der Waals surface area contributed by atoms with E-state index >= 15 is 0 Å². The average Bonchev–Trinajstić information content (AvgIpc) is 2.48. The van der Waals surface area contributed by atoms with Gasteiger partial charge < -0.3 is 9.84 Å². The number of benzene rings is 2. The molecule has 0 bridgehead atoms. The van der Waals surface area contributed by atoms with Crippen molar-refractivity contribution in [2.24, 2.45) is 0 Å². The van der Waals surface area contributed by atoms with Gasteiger partial charge >= 0.3 is 5.97 Å². The van der Waals surface area contributed by atoms with Crippen molar-refractivity contribution in [3.05, 3.63) is 71.3 Å². The molecule has 2 aromatic rings. The van der Waals surface area contributed by atoms with Gasteiger partial charge in [0.1, 0.15) is 5.75 Å². The van der Waals surface area contributed by atoms with Crippen LogP contribution in [-0.4, -0.2) is 17.0 Å². The monoisotopic (exact) mass is 384 g/mol. The second kappa shape index (κ2) is 8.75. The van der Waals surface area contributed by atoms with Crippen molar-refractivity contribution in [3.63, 3.8) is 0 Å². The van der Waals surface area contributed by atoms with Gasteiger partial charge in [-0.25, -0.2) is 10.4 Å². The number of esters is 1. The molecular weight excluding hydrogens is 369 g/mol. The van der Waals surface area contributed by atoms with E-state index in [2.05, 4.69) is 6.08 Å². The van der Waals surface area contributed by atoms with Crippen LogP contribution < -0.4 is 4.74 Å². The summed E-state index contributed by atoms with van der Waals surface area (Å²) in [5.74, 6) is -1.15. The van der Waals surface area contributed by atoms with Crippen LogP contribution in [0.1, 0.15) is 28.4 Å². The molecule has 4 nitrogen and oxygen atoms in total. The van der Waals surface area contributed by atoms with E-state index in [0.29, 0.717) is 22.4 Å². The van der Waals surface area contributed by atoms with Crippen molar-refractivity contribution in [1.82, 2.24) is 0 Å². The molecule has 2 rings (SSSR count). The van der Waals surface area contributed by atoms with Crippen molar-refractivity contribution in [3.8, 4) is 5.75 Å². The molecule has 1 N–H and O–H groups in total. The number of rotatable bonds is 4. The molecule has 115 valence electrons. The van der Waals surface area contributed by atoms with Gasteiger partial charge in [0.15, 0.2) is 0 Å². The minimum Gasteiger partial charge on any atom is -0.492 e. The molecule has 0 aliphatic rings. The number of aliphatic carboxylic acids is 1. The minimum atomic E-state index is -1.12. The molecule has 0 saturated carbocycles. The molecule has 0 atom stereocenters. The molecule has 0 aromatic heterocycles. The summed E-state index contributed by atoms with van der Waals surface area (Å²) in [5.41, 5.74) is 2.75. The number of hydrogen-bond donors (Lipinski definition) is 1. The van der Waals surface area contributed by atoms with Gasteiger partial charge in [-0.15, -0.1) is 12.1 Å². The molecule has 0 fully saturated rings. The van der Waals surface area contributed by atoms with E-state index in [1.165, 1.54) is 0 Å². The molecule has 0 heterocycles. The molecule has 0 spiro atoms. The third kappa shape index (κ3) is 5.73. The van der Waals surface area contributed by atoms with Crippen molar-refractivity contribution < 1.29 is 52.1 Å². The Labute approximate surface area is 160 Å². The van der Waals surface area contributed by atoms with E-state index < -0.39 is 11.9 Å². The standard InChI is InChI=1S/C18H15O4.Y/c1-12-3-5-15(6-4-12)18(21)22-16-9-7-14(8-10-16)13(2)11-17(19)20;/h3-10H,1-2H3,(H,19,20);/q-1;. The number of carboxylic acid groups (broad SMARTS) is 1. The second-order valence-corrected chi connectivity index (χ2v) is 4.84. The quantitative estimate of drug-likeness (QED) is 0.379. The summed E-state index contributed by atoms with van der Waals surface area (Å²) in [6, 6.07) is 13.7. The first kappa shape index (κ1) is 19.3. The predicted octanol–water partition coefficient (Wildman–Crippen LogP) is 3.50. The number of ether oxygens (including phenoxy) is 1. The second-order valence-electron chi connectivity index (χ2n) is 4.84. The minimum absolute atomic E-state index is 0. The Kier molecular flexibility index (Phi) is 7.33. The smallest absolute Gasteiger partial charge is 0.343 e. The number of allylic oxidation sites excluding steroid dienone is 1. The topological polar surface area (TPSA) is 63.6 Å². The Balaban J connectivity index is 0.00000264. The number of aryl methyl sites for hydroxylation is 1. The van der Waals surface area contributed by atoms with E-state index in [1.807, 2.05) is 19.1 Å². The largest absolute Gasteiger partial charge is 0.492 e. The fraction of sp³-hybridized carbons (Fsp3) is 0.111. The van der Waals surface area contributed by atoms with E-state index in [0.717, 1.165) is 5.56 Å². The molecule has 0 aliphatic carbocycles. The van der Waals surface area contributed by atoms with E-state index in [1.54, 1.807) is 43.3 Å². The fourth-order valence-electron chi connectivity index (χ4n) is 1.86. The van der Waals surface area contributed by atoms with Crippen LogP contribution in [0.5, 0.6) is 5.75 Å². The summed E-state index contributed by atoms with van der Waals surface area (Å²) in [5, 5.41) is 8.66. The van der Waals surface area contributed by atoms with Gasteiger partial charge in [0.2, 0.25) is 5.97 Å². The predicted molar refractivity (Wildman–Crippen MR) is 82.5 cm³/mol. The molecule has 1 radical (unpaired) electrons. The van der Waals surface area contributed by atoms with Crippen LogP contribution in [0.2, 0.25) is 0 Å². The summed E-state index contributed by atoms with van der Waals surface area (Å²) < 4.78 is 5.27. The molecule has 0 unspecified atom stereocenters. The molecule has 2 aromatic carbocycles. The van der Waals surface area contributed by atoms with Crippen LogP contribution in [-0.2, 0) is 37.5 Å². The van der Waals surface area contributed by atoms with Gasteiger partial charge in [-0.05, 0) is 31.2 Å². The van der Waals surface area contributed by atoms with Gasteiger partial charge in [0.25, 0.3) is 0 Å². The molecule has 0 amide bonds. The first-order valence-corrected chi connectivity index (χ1v) is 6.68. The summed E-state index contributed by atoms with van der Waals surface area (Å²) in [6.45, 7) is 3.60. The van der Waals surface area contributed by atoms with Crippen molar-refractivity contribution >= 4 is 17.5 Å². The zero-order valence-corrected chi connectivity index (χ0v) is 15.7. The molecule has 5 heteroatoms. The summed E-state index contributed by atoms with van der Waals surface area (Å²) in [6.07, 6.45) is 2.28. The zero-order chi connectivity index (χ0) is 16.1. The van der Waals surface area contributed by atoms with Crippen molar-refractivity contribution in [2.45, 2.75) is 13.8 Å². The van der Waals surface area contributed by atoms with Crippen LogP contribution in [0.4, 0.5) is 0 Å². The zero-order valence-electron chi connectivity index (χ0n) is 12.9. The van der Waals surface area contributed by atoms with Crippen LogP contribution in [0, 0.1) is 13.0 Å².